The monoisotopic (exact) mass is 265 g/mol. The molecule has 0 saturated carbocycles. The quantitative estimate of drug-likeness (QED) is 0.927. The van der Waals surface area contributed by atoms with Gasteiger partial charge in [-0.25, -0.2) is 8.78 Å². The SMILES string of the molecule is COc1cccc(C(C)(O)c2cncc(F)c2)c1F. The second-order valence-electron chi connectivity index (χ2n) is 4.29. The smallest absolute Gasteiger partial charge is 0.171 e. The van der Waals surface area contributed by atoms with E-state index in [1.807, 2.05) is 0 Å². The number of methoxy groups -OCH3 is 1. The summed E-state index contributed by atoms with van der Waals surface area (Å²) in [7, 11) is 1.33. The average molecular weight is 265 g/mol. The Hall–Kier alpha value is -2.01. The van der Waals surface area contributed by atoms with Crippen LogP contribution in [0.1, 0.15) is 18.1 Å². The molecule has 0 saturated heterocycles. The largest absolute Gasteiger partial charge is 0.494 e. The molecule has 19 heavy (non-hydrogen) atoms. The van der Waals surface area contributed by atoms with E-state index in [0.29, 0.717) is 0 Å². The number of rotatable bonds is 3. The zero-order valence-electron chi connectivity index (χ0n) is 10.5. The first kappa shape index (κ1) is 13.4. The van der Waals surface area contributed by atoms with Crippen molar-refractivity contribution in [2.45, 2.75) is 12.5 Å². The van der Waals surface area contributed by atoms with Gasteiger partial charge < -0.3 is 9.84 Å². The number of hydrogen-bond donors (Lipinski definition) is 1. The Morgan fingerprint density at radius 1 is 1.26 bits per heavy atom. The van der Waals surface area contributed by atoms with Crippen molar-refractivity contribution in [3.8, 4) is 5.75 Å². The van der Waals surface area contributed by atoms with Crippen LogP contribution >= 0.6 is 0 Å². The minimum Gasteiger partial charge on any atom is -0.494 e. The van der Waals surface area contributed by atoms with E-state index in [-0.39, 0.29) is 16.9 Å². The molecule has 1 N–H and O–H groups in total. The van der Waals surface area contributed by atoms with Gasteiger partial charge in [0.2, 0.25) is 0 Å². The predicted octanol–water partition coefficient (Wildman–Crippen LogP) is 2.62. The number of halogens is 2. The van der Waals surface area contributed by atoms with E-state index in [1.54, 1.807) is 6.07 Å². The number of nitrogens with zero attached hydrogens (tertiary/aromatic N) is 1. The van der Waals surface area contributed by atoms with Crippen molar-refractivity contribution in [3.63, 3.8) is 0 Å². The summed E-state index contributed by atoms with van der Waals surface area (Å²) < 4.78 is 32.2. The average Bonchev–Trinajstić information content (AvgIpc) is 2.38. The van der Waals surface area contributed by atoms with Crippen molar-refractivity contribution >= 4 is 0 Å². The minimum absolute atomic E-state index is 0.000694. The van der Waals surface area contributed by atoms with Gasteiger partial charge in [-0.3, -0.25) is 4.98 Å². The van der Waals surface area contributed by atoms with Gasteiger partial charge in [-0.15, -0.1) is 0 Å². The van der Waals surface area contributed by atoms with E-state index >= 15 is 0 Å². The van der Waals surface area contributed by atoms with Gasteiger partial charge >= 0.3 is 0 Å². The number of benzene rings is 1. The van der Waals surface area contributed by atoms with Crippen LogP contribution in [0.15, 0.2) is 36.7 Å². The van der Waals surface area contributed by atoms with Gasteiger partial charge in [-0.1, -0.05) is 12.1 Å². The summed E-state index contributed by atoms with van der Waals surface area (Å²) in [5.41, 5.74) is -1.54. The molecule has 2 aromatic rings. The molecule has 1 aromatic heterocycles. The van der Waals surface area contributed by atoms with Gasteiger partial charge in [0.25, 0.3) is 0 Å². The summed E-state index contributed by atoms with van der Waals surface area (Å²) in [5.74, 6) is -1.26. The van der Waals surface area contributed by atoms with E-state index in [4.69, 9.17) is 4.74 Å². The highest BCUT2D eigenvalue weighted by Gasteiger charge is 2.30. The van der Waals surface area contributed by atoms with Crippen LogP contribution in [0.4, 0.5) is 8.78 Å². The maximum Gasteiger partial charge on any atom is 0.171 e. The number of aromatic nitrogens is 1. The van der Waals surface area contributed by atoms with Crippen LogP contribution in [-0.2, 0) is 5.60 Å². The second kappa shape index (κ2) is 4.93. The summed E-state index contributed by atoms with van der Waals surface area (Å²) in [5, 5.41) is 10.5. The van der Waals surface area contributed by atoms with Gasteiger partial charge in [-0.05, 0) is 19.1 Å². The van der Waals surface area contributed by atoms with Crippen LogP contribution in [0, 0.1) is 11.6 Å². The van der Waals surface area contributed by atoms with Crippen LogP contribution in [0.2, 0.25) is 0 Å². The van der Waals surface area contributed by atoms with E-state index in [1.165, 1.54) is 32.4 Å². The number of pyridine rings is 1. The van der Waals surface area contributed by atoms with Gasteiger partial charge in [0.05, 0.1) is 13.3 Å². The molecular formula is C14H13F2NO2. The Labute approximate surface area is 109 Å². The fourth-order valence-corrected chi connectivity index (χ4v) is 1.88. The molecule has 0 bridgehead atoms. The lowest BCUT2D eigenvalue weighted by atomic mass is 9.88. The molecule has 1 heterocycles. The zero-order chi connectivity index (χ0) is 14.0. The van der Waals surface area contributed by atoms with Crippen LogP contribution in [0.5, 0.6) is 5.75 Å². The Bertz CT molecular complexity index is 600. The normalized spacial score (nSPS) is 13.9. The van der Waals surface area contributed by atoms with Gasteiger partial charge in [0, 0.05) is 17.3 Å². The highest BCUT2D eigenvalue weighted by atomic mass is 19.1. The molecule has 3 nitrogen and oxygen atoms in total. The Kier molecular flexibility index (Phi) is 3.48. The fourth-order valence-electron chi connectivity index (χ4n) is 1.88. The predicted molar refractivity (Wildman–Crippen MR) is 65.8 cm³/mol. The summed E-state index contributed by atoms with van der Waals surface area (Å²) >= 11 is 0. The number of ether oxygens (including phenoxy) is 1. The van der Waals surface area contributed by atoms with Crippen LogP contribution in [0.3, 0.4) is 0 Å². The highest BCUT2D eigenvalue weighted by molar-refractivity contribution is 5.40. The summed E-state index contributed by atoms with van der Waals surface area (Å²) in [4.78, 5) is 3.66. The van der Waals surface area contributed by atoms with Gasteiger partial charge in [0.15, 0.2) is 11.6 Å². The first-order valence-electron chi connectivity index (χ1n) is 5.63. The van der Waals surface area contributed by atoms with Crippen molar-refractivity contribution < 1.29 is 18.6 Å². The Morgan fingerprint density at radius 2 is 2.00 bits per heavy atom. The lowest BCUT2D eigenvalue weighted by Crippen LogP contribution is -2.25. The zero-order valence-corrected chi connectivity index (χ0v) is 10.5. The van der Waals surface area contributed by atoms with E-state index < -0.39 is 17.2 Å². The molecule has 1 aromatic carbocycles. The van der Waals surface area contributed by atoms with Crippen molar-refractivity contribution in [1.82, 2.24) is 4.98 Å². The number of hydrogen-bond acceptors (Lipinski definition) is 3. The van der Waals surface area contributed by atoms with E-state index in [2.05, 4.69) is 4.98 Å². The van der Waals surface area contributed by atoms with Crippen LogP contribution < -0.4 is 4.74 Å². The molecule has 0 aliphatic carbocycles. The van der Waals surface area contributed by atoms with Crippen molar-refractivity contribution in [1.29, 1.82) is 0 Å². The summed E-state index contributed by atoms with van der Waals surface area (Å²) in [6.45, 7) is 1.38. The minimum atomic E-state index is -1.70. The van der Waals surface area contributed by atoms with Crippen LogP contribution in [0.25, 0.3) is 0 Å². The molecule has 0 amide bonds. The van der Waals surface area contributed by atoms with Crippen LogP contribution in [-0.4, -0.2) is 17.2 Å². The third-order valence-corrected chi connectivity index (χ3v) is 2.97. The van der Waals surface area contributed by atoms with E-state index in [0.717, 1.165) is 12.3 Å². The third kappa shape index (κ3) is 2.42. The molecule has 1 atom stereocenters. The lowest BCUT2D eigenvalue weighted by Gasteiger charge is -2.25. The molecule has 0 aliphatic rings. The maximum atomic E-state index is 14.2. The molecule has 0 fully saturated rings. The molecular weight excluding hydrogens is 252 g/mol. The molecule has 1 unspecified atom stereocenters. The van der Waals surface area contributed by atoms with Crippen molar-refractivity contribution in [2.24, 2.45) is 0 Å². The fraction of sp³-hybridized carbons (Fsp3) is 0.214. The van der Waals surface area contributed by atoms with Gasteiger partial charge in [-0.2, -0.15) is 0 Å². The number of aliphatic hydroxyl groups is 1. The molecule has 2 rings (SSSR count). The molecule has 0 radical (unpaired) electrons. The third-order valence-electron chi connectivity index (χ3n) is 2.97. The summed E-state index contributed by atoms with van der Waals surface area (Å²) in [6.07, 6.45) is 2.31. The summed E-state index contributed by atoms with van der Waals surface area (Å²) in [6, 6.07) is 5.53. The lowest BCUT2D eigenvalue weighted by molar-refractivity contribution is 0.0964. The van der Waals surface area contributed by atoms with Crippen molar-refractivity contribution in [3.05, 3.63) is 59.4 Å². The molecule has 100 valence electrons. The highest BCUT2D eigenvalue weighted by Crippen LogP contribution is 2.33. The second-order valence-corrected chi connectivity index (χ2v) is 4.29. The Balaban J connectivity index is 2.56. The molecule has 5 heteroatoms. The topological polar surface area (TPSA) is 42.4 Å². The van der Waals surface area contributed by atoms with Crippen molar-refractivity contribution in [2.75, 3.05) is 7.11 Å². The maximum absolute atomic E-state index is 14.2. The first-order chi connectivity index (χ1) is 8.96. The van der Waals surface area contributed by atoms with Gasteiger partial charge in [0.1, 0.15) is 11.4 Å². The van der Waals surface area contributed by atoms with E-state index in [9.17, 15) is 13.9 Å². The standard InChI is InChI=1S/C14H13F2NO2/c1-14(18,9-6-10(15)8-17-7-9)11-4-3-5-12(19-2)13(11)16/h3-8,18H,1-2H3. The first-order valence-corrected chi connectivity index (χ1v) is 5.63. The Morgan fingerprint density at radius 3 is 2.63 bits per heavy atom. The molecule has 0 aliphatic heterocycles. The molecule has 0 spiro atoms.